The number of thiazole rings is 1. The maximum atomic E-state index is 10.6. The molecule has 1 aromatic rings. The van der Waals surface area contributed by atoms with Crippen LogP contribution in [0.15, 0.2) is 0 Å². The van der Waals surface area contributed by atoms with Crippen LogP contribution in [0.2, 0.25) is 0 Å². The van der Waals surface area contributed by atoms with E-state index in [-0.39, 0.29) is 10.4 Å². The van der Waals surface area contributed by atoms with Crippen molar-refractivity contribution in [1.29, 1.82) is 0 Å². The standard InChI is InChI=1S/C9H13NO2S/c1-5-6(9(2,3)4)13-7(10-5)8(11)12/h1-4H3,(H,11,12). The number of hydrogen-bond acceptors (Lipinski definition) is 3. The van der Waals surface area contributed by atoms with E-state index in [9.17, 15) is 4.79 Å². The Labute approximate surface area is 81.4 Å². The van der Waals surface area contributed by atoms with E-state index in [1.807, 2.05) is 6.92 Å². The van der Waals surface area contributed by atoms with Gasteiger partial charge in [-0.25, -0.2) is 9.78 Å². The van der Waals surface area contributed by atoms with Gasteiger partial charge in [0.15, 0.2) is 0 Å². The van der Waals surface area contributed by atoms with E-state index in [2.05, 4.69) is 25.8 Å². The number of carbonyl (C=O) groups is 1. The number of aryl methyl sites for hydroxylation is 1. The van der Waals surface area contributed by atoms with E-state index in [0.717, 1.165) is 10.6 Å². The zero-order chi connectivity index (χ0) is 10.2. The van der Waals surface area contributed by atoms with Crippen molar-refractivity contribution >= 4 is 17.3 Å². The molecule has 72 valence electrons. The topological polar surface area (TPSA) is 50.2 Å². The molecule has 0 aliphatic heterocycles. The predicted octanol–water partition coefficient (Wildman–Crippen LogP) is 2.45. The third-order valence-electron chi connectivity index (χ3n) is 1.66. The van der Waals surface area contributed by atoms with Crippen molar-refractivity contribution in [3.63, 3.8) is 0 Å². The molecule has 1 aromatic heterocycles. The van der Waals surface area contributed by atoms with Gasteiger partial charge in [-0.2, -0.15) is 0 Å². The Morgan fingerprint density at radius 3 is 2.23 bits per heavy atom. The molecule has 0 aliphatic carbocycles. The largest absolute Gasteiger partial charge is 0.476 e. The molecule has 0 aromatic carbocycles. The lowest BCUT2D eigenvalue weighted by atomic mass is 9.94. The molecule has 1 N–H and O–H groups in total. The van der Waals surface area contributed by atoms with Crippen LogP contribution in [-0.2, 0) is 5.41 Å². The summed E-state index contributed by atoms with van der Waals surface area (Å²) in [6, 6.07) is 0. The first-order valence-corrected chi connectivity index (χ1v) is 4.85. The van der Waals surface area contributed by atoms with Crippen LogP contribution in [0, 0.1) is 6.92 Å². The molecule has 0 spiro atoms. The van der Waals surface area contributed by atoms with Gasteiger partial charge in [0.2, 0.25) is 5.01 Å². The van der Waals surface area contributed by atoms with Gasteiger partial charge in [-0.1, -0.05) is 20.8 Å². The first kappa shape index (κ1) is 10.2. The smallest absolute Gasteiger partial charge is 0.365 e. The molecule has 0 bridgehead atoms. The van der Waals surface area contributed by atoms with E-state index in [0.29, 0.717) is 0 Å². The lowest BCUT2D eigenvalue weighted by Gasteiger charge is -2.16. The highest BCUT2D eigenvalue weighted by Gasteiger charge is 2.22. The first-order valence-electron chi connectivity index (χ1n) is 4.03. The highest BCUT2D eigenvalue weighted by molar-refractivity contribution is 7.13. The van der Waals surface area contributed by atoms with Gasteiger partial charge in [-0.3, -0.25) is 0 Å². The van der Waals surface area contributed by atoms with Crippen molar-refractivity contribution in [1.82, 2.24) is 4.98 Å². The zero-order valence-corrected chi connectivity index (χ0v) is 9.03. The number of carboxylic acid groups (broad SMARTS) is 1. The maximum absolute atomic E-state index is 10.6. The van der Waals surface area contributed by atoms with Crippen LogP contribution in [0.3, 0.4) is 0 Å². The molecule has 0 aliphatic rings. The molecule has 0 amide bonds. The van der Waals surface area contributed by atoms with Crippen LogP contribution < -0.4 is 0 Å². The Morgan fingerprint density at radius 2 is 2.00 bits per heavy atom. The summed E-state index contributed by atoms with van der Waals surface area (Å²) in [6.07, 6.45) is 0. The summed E-state index contributed by atoms with van der Waals surface area (Å²) in [7, 11) is 0. The predicted molar refractivity (Wildman–Crippen MR) is 52.5 cm³/mol. The molecule has 0 fully saturated rings. The van der Waals surface area contributed by atoms with Gasteiger partial charge in [0.25, 0.3) is 0 Å². The lowest BCUT2D eigenvalue weighted by Crippen LogP contribution is -2.10. The molecule has 4 heteroatoms. The van der Waals surface area contributed by atoms with Crippen molar-refractivity contribution in [2.75, 3.05) is 0 Å². The van der Waals surface area contributed by atoms with E-state index in [4.69, 9.17) is 5.11 Å². The summed E-state index contributed by atoms with van der Waals surface area (Å²) in [4.78, 5) is 15.7. The van der Waals surface area contributed by atoms with Gasteiger partial charge >= 0.3 is 5.97 Å². The maximum Gasteiger partial charge on any atom is 0.365 e. The molecule has 1 rings (SSSR count). The van der Waals surface area contributed by atoms with Gasteiger partial charge in [0, 0.05) is 4.88 Å². The van der Waals surface area contributed by atoms with E-state index in [1.54, 1.807) is 0 Å². The fraction of sp³-hybridized carbons (Fsp3) is 0.556. The van der Waals surface area contributed by atoms with Gasteiger partial charge in [0.05, 0.1) is 5.69 Å². The molecule has 0 radical (unpaired) electrons. The molecule has 0 atom stereocenters. The van der Waals surface area contributed by atoms with Crippen molar-refractivity contribution in [3.8, 4) is 0 Å². The quantitative estimate of drug-likeness (QED) is 0.755. The Kier molecular flexibility index (Phi) is 2.43. The van der Waals surface area contributed by atoms with E-state index in [1.165, 1.54) is 11.3 Å². The van der Waals surface area contributed by atoms with Crippen LogP contribution in [0.5, 0.6) is 0 Å². The number of nitrogens with zero attached hydrogens (tertiary/aromatic N) is 1. The van der Waals surface area contributed by atoms with Crippen LogP contribution in [0.1, 0.15) is 41.1 Å². The summed E-state index contributed by atoms with van der Waals surface area (Å²) in [5.74, 6) is -0.941. The van der Waals surface area contributed by atoms with Crippen molar-refractivity contribution in [2.24, 2.45) is 0 Å². The Hall–Kier alpha value is -0.900. The minimum atomic E-state index is -0.941. The average Bonchev–Trinajstić information content (AvgIpc) is 2.29. The van der Waals surface area contributed by atoms with E-state index < -0.39 is 5.97 Å². The van der Waals surface area contributed by atoms with E-state index >= 15 is 0 Å². The van der Waals surface area contributed by atoms with Crippen LogP contribution in [0.25, 0.3) is 0 Å². The summed E-state index contributed by atoms with van der Waals surface area (Å²) in [5.41, 5.74) is 0.810. The summed E-state index contributed by atoms with van der Waals surface area (Å²) in [6.45, 7) is 8.01. The number of hydrogen-bond donors (Lipinski definition) is 1. The number of aromatic nitrogens is 1. The molecular formula is C9H13NO2S. The van der Waals surface area contributed by atoms with Gasteiger partial charge in [-0.15, -0.1) is 11.3 Å². The van der Waals surface area contributed by atoms with Gasteiger partial charge in [0.1, 0.15) is 0 Å². The minimum Gasteiger partial charge on any atom is -0.476 e. The summed E-state index contributed by atoms with van der Waals surface area (Å²) >= 11 is 1.26. The zero-order valence-electron chi connectivity index (χ0n) is 8.21. The third kappa shape index (κ3) is 2.06. The second-order valence-corrected chi connectivity index (χ2v) is 4.99. The average molecular weight is 199 g/mol. The third-order valence-corrected chi connectivity index (χ3v) is 3.23. The molecule has 1 heterocycles. The fourth-order valence-electron chi connectivity index (χ4n) is 1.18. The second kappa shape index (κ2) is 3.10. The first-order chi connectivity index (χ1) is 5.82. The minimum absolute atomic E-state index is 0.0184. The molecule has 0 saturated heterocycles. The number of carboxylic acids is 1. The monoisotopic (exact) mass is 199 g/mol. The van der Waals surface area contributed by atoms with Crippen molar-refractivity contribution in [3.05, 3.63) is 15.6 Å². The second-order valence-electron chi connectivity index (χ2n) is 3.99. The Morgan fingerprint density at radius 1 is 1.46 bits per heavy atom. The van der Waals surface area contributed by atoms with Crippen LogP contribution in [-0.4, -0.2) is 16.1 Å². The van der Waals surface area contributed by atoms with Crippen molar-refractivity contribution in [2.45, 2.75) is 33.1 Å². The van der Waals surface area contributed by atoms with Crippen molar-refractivity contribution < 1.29 is 9.90 Å². The number of aromatic carboxylic acids is 1. The van der Waals surface area contributed by atoms with Gasteiger partial charge in [-0.05, 0) is 12.3 Å². The van der Waals surface area contributed by atoms with Crippen LogP contribution in [0.4, 0.5) is 0 Å². The number of rotatable bonds is 1. The molecule has 3 nitrogen and oxygen atoms in total. The highest BCUT2D eigenvalue weighted by atomic mass is 32.1. The molecule has 13 heavy (non-hydrogen) atoms. The molecule has 0 unspecified atom stereocenters. The Balaban J connectivity index is 3.18. The lowest BCUT2D eigenvalue weighted by molar-refractivity contribution is 0.0696. The SMILES string of the molecule is Cc1nc(C(=O)O)sc1C(C)(C)C. The summed E-state index contributed by atoms with van der Waals surface area (Å²) in [5, 5.41) is 8.92. The Bertz CT molecular complexity index is 336. The van der Waals surface area contributed by atoms with Crippen LogP contribution >= 0.6 is 11.3 Å². The molecular weight excluding hydrogens is 186 g/mol. The molecule has 0 saturated carbocycles. The summed E-state index contributed by atoms with van der Waals surface area (Å²) < 4.78 is 0. The normalized spacial score (nSPS) is 11.7. The fourth-order valence-corrected chi connectivity index (χ4v) is 2.15. The van der Waals surface area contributed by atoms with Gasteiger partial charge < -0.3 is 5.11 Å². The highest BCUT2D eigenvalue weighted by Crippen LogP contribution is 2.30.